The van der Waals surface area contributed by atoms with Crippen molar-refractivity contribution < 1.29 is 21.6 Å². The van der Waals surface area contributed by atoms with Crippen LogP contribution in [0, 0.1) is 5.92 Å². The van der Waals surface area contributed by atoms with Crippen LogP contribution >= 0.6 is 24.2 Å². The highest BCUT2D eigenvalue weighted by Gasteiger charge is 2.30. The van der Waals surface area contributed by atoms with Gasteiger partial charge >= 0.3 is 5.51 Å². The minimum absolute atomic E-state index is 0. The molecule has 0 bridgehead atoms. The van der Waals surface area contributed by atoms with Gasteiger partial charge in [0, 0.05) is 17.5 Å². The number of nitrogens with two attached hydrogens (primary N) is 1. The smallest absolute Gasteiger partial charge is 0.326 e. The van der Waals surface area contributed by atoms with Gasteiger partial charge in [0.2, 0.25) is 10.0 Å². The van der Waals surface area contributed by atoms with E-state index in [1.807, 2.05) is 0 Å². The Labute approximate surface area is 137 Å². The number of thioether (sulfide) groups is 1. The van der Waals surface area contributed by atoms with Crippen molar-refractivity contribution in [2.75, 3.05) is 6.54 Å². The molecule has 0 amide bonds. The first kappa shape index (κ1) is 19.6. The van der Waals surface area contributed by atoms with Crippen molar-refractivity contribution in [3.05, 3.63) is 24.3 Å². The zero-order chi connectivity index (χ0) is 15.7. The molecule has 1 saturated carbocycles. The second kappa shape index (κ2) is 7.39. The zero-order valence-electron chi connectivity index (χ0n) is 11.3. The van der Waals surface area contributed by atoms with E-state index in [9.17, 15) is 21.6 Å². The van der Waals surface area contributed by atoms with Crippen molar-refractivity contribution in [2.24, 2.45) is 11.7 Å². The molecule has 1 aromatic rings. The molecule has 0 heterocycles. The molecular formula is C12H16ClF3N2O2S2. The predicted molar refractivity (Wildman–Crippen MR) is 81.5 cm³/mol. The standard InChI is InChI=1S/C12H15F3N2O2S2.ClH/c13-12(14,15)20-9-3-5-10(6-4-9)21(18,19)17-7-11(16)8-1-2-8;/h3-6,8,11,17H,1-2,7,16H2;1H. The minimum Gasteiger partial charge on any atom is -0.326 e. The summed E-state index contributed by atoms with van der Waals surface area (Å²) in [5.41, 5.74) is 1.41. The monoisotopic (exact) mass is 376 g/mol. The molecule has 0 saturated heterocycles. The van der Waals surface area contributed by atoms with E-state index in [1.54, 1.807) is 0 Å². The van der Waals surface area contributed by atoms with Gasteiger partial charge in [0.15, 0.2) is 0 Å². The molecule has 0 spiro atoms. The summed E-state index contributed by atoms with van der Waals surface area (Å²) in [5.74, 6) is 0.360. The van der Waals surface area contributed by atoms with Crippen LogP contribution in [-0.2, 0) is 10.0 Å². The third-order valence-corrected chi connectivity index (χ3v) is 5.28. The molecule has 1 aliphatic carbocycles. The molecule has 1 atom stereocenters. The summed E-state index contributed by atoms with van der Waals surface area (Å²) in [6.45, 7) is 0.131. The van der Waals surface area contributed by atoms with E-state index >= 15 is 0 Å². The lowest BCUT2D eigenvalue weighted by Gasteiger charge is -2.12. The summed E-state index contributed by atoms with van der Waals surface area (Å²) in [6, 6.07) is 4.35. The fourth-order valence-corrected chi connectivity index (χ4v) is 3.41. The Morgan fingerprint density at radius 3 is 2.27 bits per heavy atom. The van der Waals surface area contributed by atoms with Crippen molar-refractivity contribution in [2.45, 2.75) is 34.2 Å². The molecule has 2 rings (SSSR count). The summed E-state index contributed by atoms with van der Waals surface area (Å²) < 4.78 is 62.9. The van der Waals surface area contributed by atoms with Crippen LogP contribution in [0.2, 0.25) is 0 Å². The third-order valence-electron chi connectivity index (χ3n) is 3.10. The summed E-state index contributed by atoms with van der Waals surface area (Å²) in [7, 11) is -3.74. The largest absolute Gasteiger partial charge is 0.446 e. The summed E-state index contributed by atoms with van der Waals surface area (Å²) in [6.07, 6.45) is 2.01. The van der Waals surface area contributed by atoms with Crippen LogP contribution < -0.4 is 10.5 Å². The molecule has 126 valence electrons. The van der Waals surface area contributed by atoms with E-state index < -0.39 is 15.5 Å². The first-order valence-corrected chi connectivity index (χ1v) is 8.58. The van der Waals surface area contributed by atoms with Crippen LogP contribution in [0.15, 0.2) is 34.1 Å². The molecule has 0 aliphatic heterocycles. The van der Waals surface area contributed by atoms with Crippen LogP contribution in [0.4, 0.5) is 13.2 Å². The Bertz CT molecular complexity index is 589. The maximum Gasteiger partial charge on any atom is 0.446 e. The quantitative estimate of drug-likeness (QED) is 0.749. The van der Waals surface area contributed by atoms with Gasteiger partial charge in [-0.1, -0.05) is 0 Å². The fraction of sp³-hybridized carbons (Fsp3) is 0.500. The second-order valence-corrected chi connectivity index (χ2v) is 7.78. The molecule has 0 radical (unpaired) electrons. The second-order valence-electron chi connectivity index (χ2n) is 4.87. The first-order chi connectivity index (χ1) is 9.67. The van der Waals surface area contributed by atoms with E-state index in [-0.39, 0.29) is 46.5 Å². The van der Waals surface area contributed by atoms with Crippen molar-refractivity contribution >= 4 is 34.2 Å². The van der Waals surface area contributed by atoms with Gasteiger partial charge in [-0.25, -0.2) is 13.1 Å². The number of nitrogens with one attached hydrogen (secondary N) is 1. The Morgan fingerprint density at radius 2 is 1.82 bits per heavy atom. The van der Waals surface area contributed by atoms with Crippen molar-refractivity contribution in [3.63, 3.8) is 0 Å². The zero-order valence-corrected chi connectivity index (χ0v) is 13.8. The summed E-state index contributed by atoms with van der Waals surface area (Å²) >= 11 is -0.285. The molecule has 22 heavy (non-hydrogen) atoms. The Morgan fingerprint density at radius 1 is 1.27 bits per heavy atom. The molecule has 1 aromatic carbocycles. The molecular weight excluding hydrogens is 361 g/mol. The SMILES string of the molecule is Cl.NC(CNS(=O)(=O)c1ccc(SC(F)(F)F)cc1)C1CC1. The Kier molecular flexibility index (Phi) is 6.58. The number of halogens is 4. The Hall–Kier alpha value is -0.480. The number of alkyl halides is 3. The number of hydrogen-bond donors (Lipinski definition) is 2. The molecule has 1 fully saturated rings. The van der Waals surface area contributed by atoms with Gasteiger partial charge in [0.25, 0.3) is 0 Å². The maximum absolute atomic E-state index is 12.2. The van der Waals surface area contributed by atoms with Crippen LogP contribution in [0.3, 0.4) is 0 Å². The highest BCUT2D eigenvalue weighted by molar-refractivity contribution is 8.00. The normalized spacial score (nSPS) is 16.9. The van der Waals surface area contributed by atoms with Gasteiger partial charge in [-0.15, -0.1) is 12.4 Å². The van der Waals surface area contributed by atoms with Crippen LogP contribution in [-0.4, -0.2) is 26.5 Å². The molecule has 10 heteroatoms. The average Bonchev–Trinajstić information content (AvgIpc) is 3.19. The topological polar surface area (TPSA) is 72.2 Å². The van der Waals surface area contributed by atoms with E-state index in [0.29, 0.717) is 5.92 Å². The molecule has 1 aliphatic rings. The minimum atomic E-state index is -4.39. The van der Waals surface area contributed by atoms with Gasteiger partial charge in [0.1, 0.15) is 0 Å². The van der Waals surface area contributed by atoms with E-state index in [4.69, 9.17) is 5.73 Å². The van der Waals surface area contributed by atoms with Gasteiger partial charge in [0.05, 0.1) is 4.90 Å². The van der Waals surface area contributed by atoms with Gasteiger partial charge in [-0.05, 0) is 54.8 Å². The van der Waals surface area contributed by atoms with Gasteiger partial charge < -0.3 is 5.73 Å². The number of hydrogen-bond acceptors (Lipinski definition) is 4. The Balaban J connectivity index is 0.00000242. The van der Waals surface area contributed by atoms with Gasteiger partial charge in [-0.2, -0.15) is 13.2 Å². The summed E-state index contributed by atoms with van der Waals surface area (Å²) in [4.78, 5) is -0.131. The third kappa shape index (κ3) is 5.96. The van der Waals surface area contributed by atoms with Gasteiger partial charge in [-0.3, -0.25) is 0 Å². The predicted octanol–water partition coefficient (Wildman–Crippen LogP) is 2.74. The van der Waals surface area contributed by atoms with E-state index in [1.165, 1.54) is 0 Å². The summed E-state index contributed by atoms with van der Waals surface area (Å²) in [5, 5.41) is 0. The maximum atomic E-state index is 12.2. The lowest BCUT2D eigenvalue weighted by molar-refractivity contribution is -0.0328. The van der Waals surface area contributed by atoms with Crippen LogP contribution in [0.25, 0.3) is 0 Å². The van der Waals surface area contributed by atoms with E-state index in [2.05, 4.69) is 4.72 Å². The van der Waals surface area contributed by atoms with Crippen molar-refractivity contribution in [1.29, 1.82) is 0 Å². The lowest BCUT2D eigenvalue weighted by Crippen LogP contribution is -2.38. The lowest BCUT2D eigenvalue weighted by atomic mass is 10.2. The number of rotatable bonds is 6. The van der Waals surface area contributed by atoms with Crippen LogP contribution in [0.5, 0.6) is 0 Å². The molecule has 1 unspecified atom stereocenters. The van der Waals surface area contributed by atoms with Crippen molar-refractivity contribution in [1.82, 2.24) is 4.72 Å². The molecule has 4 nitrogen and oxygen atoms in total. The highest BCUT2D eigenvalue weighted by atomic mass is 35.5. The molecule has 3 N–H and O–H groups in total. The number of benzene rings is 1. The van der Waals surface area contributed by atoms with Crippen molar-refractivity contribution in [3.8, 4) is 0 Å². The van der Waals surface area contributed by atoms with Crippen LogP contribution in [0.1, 0.15) is 12.8 Å². The first-order valence-electron chi connectivity index (χ1n) is 6.28. The molecule has 0 aromatic heterocycles. The number of sulfonamides is 1. The fourth-order valence-electron chi connectivity index (χ4n) is 1.80. The highest BCUT2D eigenvalue weighted by Crippen LogP contribution is 2.37. The van der Waals surface area contributed by atoms with E-state index in [0.717, 1.165) is 37.1 Å². The average molecular weight is 377 g/mol.